The first-order valence-corrected chi connectivity index (χ1v) is 4.73. The first-order valence-electron chi connectivity index (χ1n) is 3.92. The van der Waals surface area contributed by atoms with Gasteiger partial charge in [-0.05, 0) is 19.1 Å². The molecule has 0 radical (unpaired) electrons. The van der Waals surface area contributed by atoms with Gasteiger partial charge in [0.25, 0.3) is 0 Å². The van der Waals surface area contributed by atoms with Gasteiger partial charge in [-0.3, -0.25) is 0 Å². The Bertz CT molecular complexity index is 405. The predicted octanol–water partition coefficient (Wildman–Crippen LogP) is 2.20. The van der Waals surface area contributed by atoms with E-state index in [0.29, 0.717) is 5.01 Å². The second kappa shape index (κ2) is 3.32. The van der Waals surface area contributed by atoms with E-state index < -0.39 is 0 Å². The van der Waals surface area contributed by atoms with Gasteiger partial charge in [-0.1, -0.05) is 0 Å². The number of aryl methyl sites for hydroxylation is 1. The van der Waals surface area contributed by atoms with E-state index in [4.69, 9.17) is 9.52 Å². The molecule has 2 rings (SSSR count). The molecule has 0 amide bonds. The van der Waals surface area contributed by atoms with Gasteiger partial charge in [-0.15, -0.1) is 11.3 Å². The standard InChI is InChI=1S/C9H9NO2S/c1-6-2-3-7(12-6)8-4-10-9(5-11)13-8/h2-4,11H,5H2,1H3. The zero-order valence-electron chi connectivity index (χ0n) is 7.15. The van der Waals surface area contributed by atoms with Crippen LogP contribution in [0.5, 0.6) is 0 Å². The van der Waals surface area contributed by atoms with Crippen molar-refractivity contribution in [2.45, 2.75) is 13.5 Å². The van der Waals surface area contributed by atoms with Gasteiger partial charge in [0.15, 0.2) is 0 Å². The molecule has 0 aliphatic rings. The fraction of sp³-hybridized carbons (Fsp3) is 0.222. The Morgan fingerprint density at radius 3 is 2.92 bits per heavy atom. The number of aliphatic hydroxyl groups is 1. The molecule has 0 saturated heterocycles. The first kappa shape index (κ1) is 8.47. The average molecular weight is 195 g/mol. The van der Waals surface area contributed by atoms with E-state index in [1.807, 2.05) is 19.1 Å². The predicted molar refractivity (Wildman–Crippen MR) is 50.5 cm³/mol. The van der Waals surface area contributed by atoms with Gasteiger partial charge in [0, 0.05) is 6.20 Å². The minimum Gasteiger partial charge on any atom is -0.460 e. The van der Waals surface area contributed by atoms with Crippen molar-refractivity contribution in [3.63, 3.8) is 0 Å². The average Bonchev–Trinajstić information content (AvgIpc) is 2.71. The summed E-state index contributed by atoms with van der Waals surface area (Å²) in [6.45, 7) is 1.89. The highest BCUT2D eigenvalue weighted by Crippen LogP contribution is 2.27. The van der Waals surface area contributed by atoms with E-state index in [-0.39, 0.29) is 6.61 Å². The number of hydrogen-bond acceptors (Lipinski definition) is 4. The number of rotatable bonds is 2. The molecule has 0 fully saturated rings. The minimum atomic E-state index is -0.00957. The molecule has 2 aromatic heterocycles. The third kappa shape index (κ3) is 1.64. The molecular formula is C9H9NO2S. The SMILES string of the molecule is Cc1ccc(-c2cnc(CO)s2)o1. The van der Waals surface area contributed by atoms with Crippen molar-refractivity contribution in [2.24, 2.45) is 0 Å². The van der Waals surface area contributed by atoms with Crippen LogP contribution in [0.25, 0.3) is 10.6 Å². The summed E-state index contributed by atoms with van der Waals surface area (Å²) >= 11 is 1.44. The Hall–Kier alpha value is -1.13. The summed E-state index contributed by atoms with van der Waals surface area (Å²) in [5.74, 6) is 1.70. The molecule has 0 atom stereocenters. The highest BCUT2D eigenvalue weighted by atomic mass is 32.1. The quantitative estimate of drug-likeness (QED) is 0.799. The summed E-state index contributed by atoms with van der Waals surface area (Å²) in [4.78, 5) is 4.98. The highest BCUT2D eigenvalue weighted by molar-refractivity contribution is 7.15. The zero-order chi connectivity index (χ0) is 9.26. The molecule has 0 bridgehead atoms. The normalized spacial score (nSPS) is 10.6. The number of thiazole rings is 1. The first-order chi connectivity index (χ1) is 6.29. The smallest absolute Gasteiger partial charge is 0.145 e. The van der Waals surface area contributed by atoms with Crippen molar-refractivity contribution in [3.05, 3.63) is 29.1 Å². The molecule has 2 aromatic rings. The maximum absolute atomic E-state index is 8.82. The summed E-state index contributed by atoms with van der Waals surface area (Å²) in [5.41, 5.74) is 0. The molecule has 0 spiro atoms. The number of furan rings is 1. The van der Waals surface area contributed by atoms with Gasteiger partial charge in [-0.2, -0.15) is 0 Å². The van der Waals surface area contributed by atoms with E-state index >= 15 is 0 Å². The van der Waals surface area contributed by atoms with Gasteiger partial charge < -0.3 is 9.52 Å². The number of aromatic nitrogens is 1. The molecule has 68 valence electrons. The Kier molecular flexibility index (Phi) is 2.16. The molecule has 13 heavy (non-hydrogen) atoms. The Balaban J connectivity index is 2.35. The fourth-order valence-corrected chi connectivity index (χ4v) is 1.80. The largest absolute Gasteiger partial charge is 0.460 e. The van der Waals surface area contributed by atoms with E-state index in [1.165, 1.54) is 11.3 Å². The molecule has 3 nitrogen and oxygen atoms in total. The monoisotopic (exact) mass is 195 g/mol. The van der Waals surface area contributed by atoms with Gasteiger partial charge in [-0.25, -0.2) is 4.98 Å². The third-order valence-electron chi connectivity index (χ3n) is 1.67. The summed E-state index contributed by atoms with van der Waals surface area (Å²) in [6.07, 6.45) is 1.72. The Labute approximate surface area is 79.7 Å². The lowest BCUT2D eigenvalue weighted by Crippen LogP contribution is -1.75. The lowest BCUT2D eigenvalue weighted by Gasteiger charge is -1.87. The van der Waals surface area contributed by atoms with Crippen LogP contribution in [0.4, 0.5) is 0 Å². The molecule has 0 saturated carbocycles. The van der Waals surface area contributed by atoms with Crippen molar-refractivity contribution >= 4 is 11.3 Å². The molecule has 4 heteroatoms. The van der Waals surface area contributed by atoms with E-state index in [2.05, 4.69) is 4.98 Å². The lowest BCUT2D eigenvalue weighted by molar-refractivity contribution is 0.281. The van der Waals surface area contributed by atoms with Crippen LogP contribution in [-0.4, -0.2) is 10.1 Å². The number of aliphatic hydroxyl groups excluding tert-OH is 1. The van der Waals surface area contributed by atoms with Crippen LogP contribution < -0.4 is 0 Å². The molecule has 2 heterocycles. The van der Waals surface area contributed by atoms with Crippen LogP contribution in [0, 0.1) is 6.92 Å². The second-order valence-corrected chi connectivity index (χ2v) is 3.80. The van der Waals surface area contributed by atoms with E-state index in [0.717, 1.165) is 16.4 Å². The summed E-state index contributed by atoms with van der Waals surface area (Å²) in [6, 6.07) is 3.82. The van der Waals surface area contributed by atoms with Crippen molar-refractivity contribution in [2.75, 3.05) is 0 Å². The summed E-state index contributed by atoms with van der Waals surface area (Å²) < 4.78 is 5.42. The van der Waals surface area contributed by atoms with Crippen molar-refractivity contribution < 1.29 is 9.52 Å². The molecular weight excluding hydrogens is 186 g/mol. The highest BCUT2D eigenvalue weighted by Gasteiger charge is 2.06. The Morgan fingerprint density at radius 2 is 2.38 bits per heavy atom. The van der Waals surface area contributed by atoms with Gasteiger partial charge >= 0.3 is 0 Å². The molecule has 0 aliphatic heterocycles. The fourth-order valence-electron chi connectivity index (χ4n) is 1.06. The van der Waals surface area contributed by atoms with Crippen molar-refractivity contribution in [1.82, 2.24) is 4.98 Å². The summed E-state index contributed by atoms with van der Waals surface area (Å²) in [5, 5.41) is 9.53. The third-order valence-corrected chi connectivity index (χ3v) is 2.67. The molecule has 1 N–H and O–H groups in total. The topological polar surface area (TPSA) is 46.3 Å². The summed E-state index contributed by atoms with van der Waals surface area (Å²) in [7, 11) is 0. The maximum Gasteiger partial charge on any atom is 0.145 e. The minimum absolute atomic E-state index is 0.00957. The number of hydrogen-bond donors (Lipinski definition) is 1. The van der Waals surface area contributed by atoms with Crippen LogP contribution in [0.15, 0.2) is 22.7 Å². The molecule has 0 aromatic carbocycles. The van der Waals surface area contributed by atoms with Crippen LogP contribution >= 0.6 is 11.3 Å². The van der Waals surface area contributed by atoms with Crippen molar-refractivity contribution in [1.29, 1.82) is 0 Å². The maximum atomic E-state index is 8.82. The van der Waals surface area contributed by atoms with Gasteiger partial charge in [0.1, 0.15) is 16.5 Å². The van der Waals surface area contributed by atoms with E-state index in [9.17, 15) is 0 Å². The molecule has 0 unspecified atom stereocenters. The van der Waals surface area contributed by atoms with Crippen LogP contribution in [0.1, 0.15) is 10.8 Å². The van der Waals surface area contributed by atoms with Crippen molar-refractivity contribution in [3.8, 4) is 10.6 Å². The van der Waals surface area contributed by atoms with Crippen LogP contribution in [0.3, 0.4) is 0 Å². The van der Waals surface area contributed by atoms with Gasteiger partial charge in [0.05, 0.1) is 11.5 Å². The molecule has 0 aliphatic carbocycles. The Morgan fingerprint density at radius 1 is 1.54 bits per heavy atom. The van der Waals surface area contributed by atoms with E-state index in [1.54, 1.807) is 6.20 Å². The van der Waals surface area contributed by atoms with Crippen LogP contribution in [0.2, 0.25) is 0 Å². The van der Waals surface area contributed by atoms with Crippen LogP contribution in [-0.2, 0) is 6.61 Å². The lowest BCUT2D eigenvalue weighted by atomic mass is 10.4. The second-order valence-electron chi connectivity index (χ2n) is 2.69. The van der Waals surface area contributed by atoms with Gasteiger partial charge in [0.2, 0.25) is 0 Å². The zero-order valence-corrected chi connectivity index (χ0v) is 7.97. The number of nitrogens with zero attached hydrogens (tertiary/aromatic N) is 1.